The Balaban J connectivity index is 3.28. The van der Waals surface area contributed by atoms with Crippen LogP contribution in [0.1, 0.15) is 16.8 Å². The molecule has 10 heavy (non-hydrogen) atoms. The second-order valence-corrected chi connectivity index (χ2v) is 2.61. The van der Waals surface area contributed by atoms with Crippen LogP contribution in [0, 0.1) is 26.0 Å². The van der Waals surface area contributed by atoms with E-state index in [1.165, 1.54) is 5.56 Å². The zero-order chi connectivity index (χ0) is 7.72. The molecule has 0 spiro atoms. The lowest BCUT2D eigenvalue weighted by molar-refractivity contribution is -0.612. The fourth-order valence-electron chi connectivity index (χ4n) is 0.870. The molecule has 1 aromatic rings. The molecule has 0 bridgehead atoms. The fraction of sp³-hybridized carbons (Fsp3) is 0.375. The minimum atomic E-state index is 0.753. The molecule has 0 aromatic carbocycles. The largest absolute Gasteiger partial charge is 0.619 e. The number of pyridine rings is 1. The molecule has 54 valence electrons. The average molecular weight is 137 g/mol. The second-order valence-electron chi connectivity index (χ2n) is 2.61. The van der Waals surface area contributed by atoms with Gasteiger partial charge in [-0.05, 0) is 19.4 Å². The first-order valence-electron chi connectivity index (χ1n) is 3.28. The van der Waals surface area contributed by atoms with Crippen LogP contribution in [0.4, 0.5) is 0 Å². The zero-order valence-corrected chi connectivity index (χ0v) is 6.51. The van der Waals surface area contributed by atoms with Crippen molar-refractivity contribution in [1.82, 2.24) is 0 Å². The summed E-state index contributed by atoms with van der Waals surface area (Å²) in [6.45, 7) is 5.74. The first-order valence-corrected chi connectivity index (χ1v) is 3.28. The molecule has 2 heteroatoms. The molecule has 1 heterocycles. The molecule has 0 radical (unpaired) electrons. The lowest BCUT2D eigenvalue weighted by atomic mass is 10.1. The highest BCUT2D eigenvalue weighted by atomic mass is 16.5. The van der Waals surface area contributed by atoms with Gasteiger partial charge >= 0.3 is 0 Å². The minimum Gasteiger partial charge on any atom is -0.619 e. The summed E-state index contributed by atoms with van der Waals surface area (Å²) in [5.74, 6) is 0. The monoisotopic (exact) mass is 137 g/mol. The zero-order valence-electron chi connectivity index (χ0n) is 6.51. The highest BCUT2D eigenvalue weighted by Crippen LogP contribution is 2.03. The maximum atomic E-state index is 10.9. The van der Waals surface area contributed by atoms with Crippen molar-refractivity contribution >= 4 is 0 Å². The Hall–Kier alpha value is -1.05. The average Bonchev–Trinajstić information content (AvgIpc) is 1.84. The number of hydrogen-bond donors (Lipinski definition) is 0. The second kappa shape index (κ2) is 2.29. The van der Waals surface area contributed by atoms with Gasteiger partial charge in [0.1, 0.15) is 0 Å². The van der Waals surface area contributed by atoms with Gasteiger partial charge in [-0.2, -0.15) is 4.73 Å². The predicted octanol–water partition coefficient (Wildman–Crippen LogP) is 1.25. The first kappa shape index (κ1) is 7.06. The molecule has 0 aliphatic carbocycles. The van der Waals surface area contributed by atoms with E-state index >= 15 is 0 Å². The van der Waals surface area contributed by atoms with Gasteiger partial charge in [-0.15, -0.1) is 0 Å². The van der Waals surface area contributed by atoms with Crippen molar-refractivity contribution in [2.24, 2.45) is 0 Å². The van der Waals surface area contributed by atoms with Crippen molar-refractivity contribution < 1.29 is 4.73 Å². The molecule has 0 aliphatic rings. The van der Waals surface area contributed by atoms with E-state index in [1.54, 1.807) is 13.1 Å². The number of aryl methyl sites for hydroxylation is 3. The molecule has 0 atom stereocenters. The minimum absolute atomic E-state index is 0.753. The number of rotatable bonds is 0. The van der Waals surface area contributed by atoms with Gasteiger partial charge in [-0.25, -0.2) is 0 Å². The van der Waals surface area contributed by atoms with E-state index in [0.717, 1.165) is 16.0 Å². The van der Waals surface area contributed by atoms with Crippen LogP contribution in [-0.2, 0) is 0 Å². The molecule has 1 rings (SSSR count). The van der Waals surface area contributed by atoms with Crippen molar-refractivity contribution in [2.45, 2.75) is 20.8 Å². The molecule has 0 aliphatic heterocycles. The normalized spacial score (nSPS) is 9.90. The summed E-state index contributed by atoms with van der Waals surface area (Å²) < 4.78 is 0.891. The summed E-state index contributed by atoms with van der Waals surface area (Å²) in [5, 5.41) is 10.9. The molecule has 1 aromatic heterocycles. The summed E-state index contributed by atoms with van der Waals surface area (Å²) in [4.78, 5) is 0. The third-order valence-corrected chi connectivity index (χ3v) is 1.71. The summed E-state index contributed by atoms with van der Waals surface area (Å²) in [5.41, 5.74) is 2.97. The van der Waals surface area contributed by atoms with Crippen LogP contribution in [-0.4, -0.2) is 0 Å². The Bertz CT molecular complexity index is 205. The van der Waals surface area contributed by atoms with Crippen LogP contribution in [0.3, 0.4) is 0 Å². The summed E-state index contributed by atoms with van der Waals surface area (Å²) in [6, 6.07) is 1.89. The number of hydrogen-bond acceptors (Lipinski definition) is 1. The molecule has 0 amide bonds. The highest BCUT2D eigenvalue weighted by Gasteiger charge is 2.00. The van der Waals surface area contributed by atoms with E-state index in [-0.39, 0.29) is 0 Å². The number of nitrogens with zero attached hydrogens (tertiary/aromatic N) is 1. The Kier molecular flexibility index (Phi) is 1.62. The lowest BCUT2D eigenvalue weighted by Gasteiger charge is -2.02. The van der Waals surface area contributed by atoms with E-state index in [9.17, 15) is 5.21 Å². The first-order chi connectivity index (χ1) is 4.61. The third-order valence-electron chi connectivity index (χ3n) is 1.71. The van der Waals surface area contributed by atoms with Gasteiger partial charge in [-0.3, -0.25) is 0 Å². The van der Waals surface area contributed by atoms with Crippen LogP contribution in [0.25, 0.3) is 0 Å². The molecule has 0 fully saturated rings. The van der Waals surface area contributed by atoms with Gasteiger partial charge in [0.05, 0.1) is 0 Å². The SMILES string of the molecule is Cc1cc(C)[n+]([O-])cc1C. The predicted molar refractivity (Wildman–Crippen MR) is 39.6 cm³/mol. The van der Waals surface area contributed by atoms with Gasteiger partial charge in [0.2, 0.25) is 0 Å². The van der Waals surface area contributed by atoms with E-state index in [0.29, 0.717) is 0 Å². The molecule has 2 nitrogen and oxygen atoms in total. The van der Waals surface area contributed by atoms with Crippen molar-refractivity contribution in [3.63, 3.8) is 0 Å². The van der Waals surface area contributed by atoms with Crippen LogP contribution < -0.4 is 4.73 Å². The third kappa shape index (κ3) is 1.10. The molecule has 0 saturated carbocycles. The Morgan fingerprint density at radius 3 is 2.30 bits per heavy atom. The van der Waals surface area contributed by atoms with Gasteiger partial charge in [0.25, 0.3) is 0 Å². The standard InChI is InChI=1S/C8H11NO/c1-6-4-8(3)9(10)5-7(6)2/h4-5H,1-3H3. The van der Waals surface area contributed by atoms with E-state index in [1.807, 2.05) is 19.9 Å². The molecule has 0 N–H and O–H groups in total. The molecule has 0 unspecified atom stereocenters. The van der Waals surface area contributed by atoms with E-state index in [2.05, 4.69) is 0 Å². The lowest BCUT2D eigenvalue weighted by Crippen LogP contribution is -2.29. The van der Waals surface area contributed by atoms with Gasteiger partial charge in [-0.1, -0.05) is 0 Å². The summed E-state index contributed by atoms with van der Waals surface area (Å²) in [6.07, 6.45) is 1.60. The Morgan fingerprint density at radius 1 is 1.20 bits per heavy atom. The summed E-state index contributed by atoms with van der Waals surface area (Å²) >= 11 is 0. The van der Waals surface area contributed by atoms with Crippen molar-refractivity contribution in [3.8, 4) is 0 Å². The fourth-order valence-corrected chi connectivity index (χ4v) is 0.870. The number of aromatic nitrogens is 1. The molecular weight excluding hydrogens is 126 g/mol. The summed E-state index contributed by atoms with van der Waals surface area (Å²) in [7, 11) is 0. The van der Waals surface area contributed by atoms with Crippen molar-refractivity contribution in [1.29, 1.82) is 0 Å². The van der Waals surface area contributed by atoms with Crippen molar-refractivity contribution in [2.75, 3.05) is 0 Å². The highest BCUT2D eigenvalue weighted by molar-refractivity contribution is 5.19. The van der Waals surface area contributed by atoms with Crippen LogP contribution in [0.2, 0.25) is 0 Å². The maximum absolute atomic E-state index is 10.9. The van der Waals surface area contributed by atoms with Crippen LogP contribution >= 0.6 is 0 Å². The van der Waals surface area contributed by atoms with Gasteiger partial charge in [0, 0.05) is 18.6 Å². The van der Waals surface area contributed by atoms with E-state index in [4.69, 9.17) is 0 Å². The topological polar surface area (TPSA) is 26.9 Å². The maximum Gasteiger partial charge on any atom is 0.189 e. The molecule has 0 saturated heterocycles. The Labute approximate surface area is 60.7 Å². The van der Waals surface area contributed by atoms with Gasteiger partial charge < -0.3 is 5.21 Å². The smallest absolute Gasteiger partial charge is 0.189 e. The van der Waals surface area contributed by atoms with E-state index < -0.39 is 0 Å². The van der Waals surface area contributed by atoms with Gasteiger partial charge in [0.15, 0.2) is 11.9 Å². The Morgan fingerprint density at radius 2 is 1.80 bits per heavy atom. The van der Waals surface area contributed by atoms with Crippen LogP contribution in [0.15, 0.2) is 12.3 Å². The molecular formula is C8H11NO. The quantitative estimate of drug-likeness (QED) is 0.390. The van der Waals surface area contributed by atoms with Crippen LogP contribution in [0.5, 0.6) is 0 Å². The van der Waals surface area contributed by atoms with Crippen molar-refractivity contribution in [3.05, 3.63) is 34.3 Å².